The lowest BCUT2D eigenvalue weighted by atomic mass is 9.91. The summed E-state index contributed by atoms with van der Waals surface area (Å²) in [5.41, 5.74) is 13.3. The molecular weight excluding hydrogens is 234 g/mol. The molecule has 0 aliphatic carbocycles. The first-order chi connectivity index (χ1) is 8.58. The smallest absolute Gasteiger partial charge is 0.249 e. The second-order valence-electron chi connectivity index (χ2n) is 4.15. The highest BCUT2D eigenvalue weighted by molar-refractivity contribution is 5.45. The van der Waals surface area contributed by atoms with Crippen molar-refractivity contribution in [1.82, 2.24) is 0 Å². The van der Waals surface area contributed by atoms with Gasteiger partial charge in [0.05, 0.1) is 5.92 Å². The van der Waals surface area contributed by atoms with E-state index in [0.29, 0.717) is 22.5 Å². The van der Waals surface area contributed by atoms with E-state index < -0.39 is 12.3 Å². The van der Waals surface area contributed by atoms with Crippen LogP contribution in [0.2, 0.25) is 0 Å². The third-order valence-corrected chi connectivity index (χ3v) is 2.84. The van der Waals surface area contributed by atoms with Crippen LogP contribution in [0.15, 0.2) is 48.5 Å². The lowest BCUT2D eigenvalue weighted by Gasteiger charge is -2.17. The minimum atomic E-state index is -2.47. The quantitative estimate of drug-likeness (QED) is 0.819. The molecule has 18 heavy (non-hydrogen) atoms. The molecule has 0 bridgehead atoms. The third kappa shape index (κ3) is 2.59. The highest BCUT2D eigenvalue weighted by Gasteiger charge is 2.24. The minimum absolute atomic E-state index is 0.545. The highest BCUT2D eigenvalue weighted by atomic mass is 19.3. The van der Waals surface area contributed by atoms with E-state index >= 15 is 0 Å². The van der Waals surface area contributed by atoms with Crippen LogP contribution in [0.25, 0.3) is 0 Å². The van der Waals surface area contributed by atoms with Crippen LogP contribution in [0.1, 0.15) is 17.0 Å². The number of hydrogen-bond donors (Lipinski definition) is 2. The predicted molar refractivity (Wildman–Crippen MR) is 69.6 cm³/mol. The number of rotatable bonds is 3. The van der Waals surface area contributed by atoms with Gasteiger partial charge in [0.1, 0.15) is 0 Å². The molecule has 0 aliphatic rings. The molecule has 0 fully saturated rings. The van der Waals surface area contributed by atoms with E-state index in [9.17, 15) is 8.78 Å². The van der Waals surface area contributed by atoms with Crippen LogP contribution >= 0.6 is 0 Å². The third-order valence-electron chi connectivity index (χ3n) is 2.84. The molecule has 0 aliphatic heterocycles. The monoisotopic (exact) mass is 248 g/mol. The Morgan fingerprint density at radius 2 is 1.00 bits per heavy atom. The molecule has 0 saturated heterocycles. The topological polar surface area (TPSA) is 52.0 Å². The summed E-state index contributed by atoms with van der Waals surface area (Å²) in [6, 6.07) is 13.0. The van der Waals surface area contributed by atoms with E-state index in [1.54, 1.807) is 48.5 Å². The second-order valence-corrected chi connectivity index (χ2v) is 4.15. The van der Waals surface area contributed by atoms with Crippen LogP contribution in [0, 0.1) is 0 Å². The number of anilines is 2. The summed E-state index contributed by atoms with van der Waals surface area (Å²) in [7, 11) is 0. The van der Waals surface area contributed by atoms with E-state index in [4.69, 9.17) is 11.5 Å². The number of nitrogens with two attached hydrogens (primary N) is 2. The van der Waals surface area contributed by atoms with Crippen molar-refractivity contribution in [1.29, 1.82) is 0 Å². The fraction of sp³-hybridized carbons (Fsp3) is 0.143. The summed E-state index contributed by atoms with van der Waals surface area (Å²) in [6.45, 7) is 0. The van der Waals surface area contributed by atoms with Gasteiger partial charge in [0.25, 0.3) is 0 Å². The molecule has 0 spiro atoms. The second kappa shape index (κ2) is 5.04. The van der Waals surface area contributed by atoms with Crippen LogP contribution < -0.4 is 11.5 Å². The van der Waals surface area contributed by atoms with Gasteiger partial charge in [-0.1, -0.05) is 24.3 Å². The Kier molecular flexibility index (Phi) is 3.46. The Labute approximate surface area is 104 Å². The molecule has 2 nitrogen and oxygen atoms in total. The van der Waals surface area contributed by atoms with Crippen LogP contribution in [-0.4, -0.2) is 6.43 Å². The van der Waals surface area contributed by atoms with Gasteiger partial charge in [-0.05, 0) is 35.4 Å². The molecule has 2 aromatic rings. The van der Waals surface area contributed by atoms with Gasteiger partial charge in [-0.2, -0.15) is 0 Å². The fourth-order valence-electron chi connectivity index (χ4n) is 1.89. The lowest BCUT2D eigenvalue weighted by molar-refractivity contribution is 0.129. The molecule has 0 heterocycles. The van der Waals surface area contributed by atoms with Crippen molar-refractivity contribution in [2.24, 2.45) is 0 Å². The van der Waals surface area contributed by atoms with Crippen molar-refractivity contribution in [3.05, 3.63) is 59.7 Å². The van der Waals surface area contributed by atoms with Crippen molar-refractivity contribution < 1.29 is 8.78 Å². The number of alkyl halides is 2. The Morgan fingerprint density at radius 3 is 1.28 bits per heavy atom. The van der Waals surface area contributed by atoms with Crippen LogP contribution in [0.5, 0.6) is 0 Å². The molecule has 94 valence electrons. The van der Waals surface area contributed by atoms with Gasteiger partial charge in [0, 0.05) is 11.4 Å². The maximum Gasteiger partial charge on any atom is 0.249 e. The molecule has 2 rings (SSSR count). The van der Waals surface area contributed by atoms with Gasteiger partial charge in [-0.15, -0.1) is 0 Å². The van der Waals surface area contributed by atoms with Crippen LogP contribution in [-0.2, 0) is 0 Å². The maximum atomic E-state index is 13.2. The first-order valence-corrected chi connectivity index (χ1v) is 5.57. The molecule has 0 atom stereocenters. The molecule has 0 radical (unpaired) electrons. The SMILES string of the molecule is Nc1ccc(C(c2ccc(N)cc2)C(F)F)cc1. The van der Waals surface area contributed by atoms with Crippen LogP contribution in [0.4, 0.5) is 20.2 Å². The van der Waals surface area contributed by atoms with Gasteiger partial charge in [-0.3, -0.25) is 0 Å². The first kappa shape index (κ1) is 12.4. The summed E-state index contributed by atoms with van der Waals surface area (Å²) in [6.07, 6.45) is -2.47. The molecule has 4 N–H and O–H groups in total. The standard InChI is InChI=1S/C14H14F2N2/c15-14(16)13(9-1-5-11(17)6-2-9)10-3-7-12(18)8-4-10/h1-8,13-14H,17-18H2. The molecule has 4 heteroatoms. The maximum absolute atomic E-state index is 13.2. The summed E-state index contributed by atoms with van der Waals surface area (Å²) in [5.74, 6) is -0.953. The van der Waals surface area contributed by atoms with Gasteiger partial charge >= 0.3 is 0 Å². The highest BCUT2D eigenvalue weighted by Crippen LogP contribution is 2.31. The van der Waals surface area contributed by atoms with E-state index in [1.807, 2.05) is 0 Å². The zero-order valence-electron chi connectivity index (χ0n) is 9.68. The number of nitrogen functional groups attached to an aromatic ring is 2. The molecular formula is C14H14F2N2. The van der Waals surface area contributed by atoms with E-state index in [2.05, 4.69) is 0 Å². The van der Waals surface area contributed by atoms with E-state index in [-0.39, 0.29) is 0 Å². The van der Waals surface area contributed by atoms with E-state index in [1.165, 1.54) is 0 Å². The van der Waals surface area contributed by atoms with Crippen molar-refractivity contribution >= 4 is 11.4 Å². The van der Waals surface area contributed by atoms with Gasteiger partial charge in [-0.25, -0.2) is 8.78 Å². The summed E-state index contributed by atoms with van der Waals surface area (Å²) in [5, 5.41) is 0. The van der Waals surface area contributed by atoms with Crippen LogP contribution in [0.3, 0.4) is 0 Å². The number of benzene rings is 2. The molecule has 0 saturated carbocycles. The zero-order chi connectivity index (χ0) is 13.1. The Balaban J connectivity index is 2.39. The average Bonchev–Trinajstić information content (AvgIpc) is 2.34. The van der Waals surface area contributed by atoms with Crippen molar-refractivity contribution in [3.8, 4) is 0 Å². The number of halogens is 2. The summed E-state index contributed by atoms with van der Waals surface area (Å²) < 4.78 is 26.4. The van der Waals surface area contributed by atoms with Gasteiger partial charge in [0.2, 0.25) is 6.43 Å². The largest absolute Gasteiger partial charge is 0.399 e. The molecule has 0 aromatic heterocycles. The average molecular weight is 248 g/mol. The molecule has 0 amide bonds. The Morgan fingerprint density at radius 1 is 0.667 bits per heavy atom. The summed E-state index contributed by atoms with van der Waals surface area (Å²) in [4.78, 5) is 0. The minimum Gasteiger partial charge on any atom is -0.399 e. The zero-order valence-corrected chi connectivity index (χ0v) is 9.68. The molecule has 2 aromatic carbocycles. The van der Waals surface area contributed by atoms with Gasteiger partial charge < -0.3 is 11.5 Å². The first-order valence-electron chi connectivity index (χ1n) is 5.57. The van der Waals surface area contributed by atoms with Crippen molar-refractivity contribution in [2.45, 2.75) is 12.3 Å². The Hall–Kier alpha value is -2.10. The fourth-order valence-corrected chi connectivity index (χ4v) is 1.89. The van der Waals surface area contributed by atoms with E-state index in [0.717, 1.165) is 0 Å². The molecule has 0 unspecified atom stereocenters. The summed E-state index contributed by atoms with van der Waals surface area (Å²) >= 11 is 0. The Bertz CT molecular complexity index is 461. The predicted octanol–water partition coefficient (Wildman–Crippen LogP) is 3.25. The lowest BCUT2D eigenvalue weighted by Crippen LogP contribution is -2.11. The van der Waals surface area contributed by atoms with Crippen molar-refractivity contribution in [3.63, 3.8) is 0 Å². The normalized spacial score (nSPS) is 11.1. The number of hydrogen-bond acceptors (Lipinski definition) is 2. The van der Waals surface area contributed by atoms with Gasteiger partial charge in [0.15, 0.2) is 0 Å². The van der Waals surface area contributed by atoms with Crippen molar-refractivity contribution in [2.75, 3.05) is 11.5 Å².